The number of benzene rings is 1. The summed E-state index contributed by atoms with van der Waals surface area (Å²) in [6, 6.07) is 14.0. The highest BCUT2D eigenvalue weighted by molar-refractivity contribution is 6.30. The van der Waals surface area contributed by atoms with E-state index in [2.05, 4.69) is 9.88 Å². The first-order valence-corrected chi connectivity index (χ1v) is 9.33. The van der Waals surface area contributed by atoms with Gasteiger partial charge in [-0.25, -0.2) is 4.79 Å². The van der Waals surface area contributed by atoms with Crippen LogP contribution in [0.5, 0.6) is 0 Å². The fourth-order valence-corrected chi connectivity index (χ4v) is 4.04. The Hall–Kier alpha value is -2.11. The van der Waals surface area contributed by atoms with Crippen LogP contribution in [-0.2, 0) is 17.7 Å². The number of aromatic nitrogens is 1. The lowest BCUT2D eigenvalue weighted by molar-refractivity contribution is 0.120. The van der Waals surface area contributed by atoms with Crippen LogP contribution < -0.4 is 0 Å². The Morgan fingerprint density at radius 1 is 1.23 bits per heavy atom. The van der Waals surface area contributed by atoms with Crippen LogP contribution >= 0.6 is 11.6 Å². The molecule has 2 fully saturated rings. The number of carbonyl (C=O) groups excluding carboxylic acids is 1. The van der Waals surface area contributed by atoms with Gasteiger partial charge in [-0.15, -0.1) is 0 Å². The molecule has 1 aromatic carbocycles. The zero-order valence-electron chi connectivity index (χ0n) is 14.8. The molecule has 0 bridgehead atoms. The number of hydrogen-bond acceptors (Lipinski definition) is 4. The minimum absolute atomic E-state index is 0.0494. The summed E-state index contributed by atoms with van der Waals surface area (Å²) in [6.07, 6.45) is 0.528. The maximum absolute atomic E-state index is 12.2. The van der Waals surface area contributed by atoms with Crippen LogP contribution in [0, 0.1) is 6.92 Å². The highest BCUT2D eigenvalue weighted by Crippen LogP contribution is 2.28. The van der Waals surface area contributed by atoms with E-state index in [0.717, 1.165) is 48.0 Å². The van der Waals surface area contributed by atoms with E-state index in [-0.39, 0.29) is 18.2 Å². The molecule has 1 amide bonds. The van der Waals surface area contributed by atoms with Crippen molar-refractivity contribution in [3.05, 3.63) is 64.4 Å². The van der Waals surface area contributed by atoms with Crippen LogP contribution in [0.4, 0.5) is 4.79 Å². The van der Waals surface area contributed by atoms with Crippen molar-refractivity contribution in [1.29, 1.82) is 0 Å². The molecule has 2 aromatic rings. The van der Waals surface area contributed by atoms with Crippen LogP contribution in [-0.4, -0.2) is 52.7 Å². The van der Waals surface area contributed by atoms with Gasteiger partial charge >= 0.3 is 6.09 Å². The molecular weight excluding hydrogens is 350 g/mol. The van der Waals surface area contributed by atoms with Crippen molar-refractivity contribution in [2.45, 2.75) is 32.0 Å². The summed E-state index contributed by atoms with van der Waals surface area (Å²) in [5.41, 5.74) is 3.21. The number of rotatable bonds is 5. The molecule has 2 aliphatic heterocycles. The Balaban J connectivity index is 1.38. The van der Waals surface area contributed by atoms with Gasteiger partial charge in [0.2, 0.25) is 0 Å². The largest absolute Gasteiger partial charge is 0.442 e. The summed E-state index contributed by atoms with van der Waals surface area (Å²) >= 11 is 6.05. The van der Waals surface area contributed by atoms with Gasteiger partial charge in [0.05, 0.1) is 11.7 Å². The van der Waals surface area contributed by atoms with Gasteiger partial charge in [0, 0.05) is 36.9 Å². The number of halogens is 1. The van der Waals surface area contributed by atoms with Crippen molar-refractivity contribution in [1.82, 2.24) is 14.8 Å². The Labute approximate surface area is 158 Å². The van der Waals surface area contributed by atoms with Gasteiger partial charge in [0.1, 0.15) is 6.10 Å². The molecule has 2 aliphatic rings. The molecule has 0 unspecified atom stereocenters. The molecule has 0 aliphatic carbocycles. The van der Waals surface area contributed by atoms with Gasteiger partial charge in [0.15, 0.2) is 0 Å². The first-order chi connectivity index (χ1) is 12.6. The number of carbonyl (C=O) groups is 1. The standard InChI is InChI=1S/C20H22ClN3O2/c1-14-4-2-7-17(22-14)11-23-12-18-19(13-23)26-20(25)24(18)9-8-15-5-3-6-16(21)10-15/h2-7,10,18-19H,8-9,11-13H2,1H3/t18-,19+/m0/s1. The van der Waals surface area contributed by atoms with Gasteiger partial charge in [0.25, 0.3) is 0 Å². The molecule has 2 atom stereocenters. The van der Waals surface area contributed by atoms with E-state index < -0.39 is 0 Å². The van der Waals surface area contributed by atoms with Gasteiger partial charge in [-0.3, -0.25) is 14.8 Å². The lowest BCUT2D eigenvalue weighted by Crippen LogP contribution is -2.39. The second kappa shape index (κ2) is 7.25. The van der Waals surface area contributed by atoms with Crippen LogP contribution in [0.25, 0.3) is 0 Å². The minimum atomic E-state index is -0.199. The summed E-state index contributed by atoms with van der Waals surface area (Å²) in [7, 11) is 0. The Morgan fingerprint density at radius 2 is 2.08 bits per heavy atom. The number of pyridine rings is 1. The van der Waals surface area contributed by atoms with E-state index in [1.165, 1.54) is 0 Å². The molecule has 1 aromatic heterocycles. The molecule has 0 spiro atoms. The number of amides is 1. The molecule has 3 heterocycles. The monoisotopic (exact) mass is 371 g/mol. The normalized spacial score (nSPS) is 22.5. The second-order valence-electron chi connectivity index (χ2n) is 7.03. The number of hydrogen-bond donors (Lipinski definition) is 0. The second-order valence-corrected chi connectivity index (χ2v) is 7.46. The number of aryl methyl sites for hydroxylation is 1. The first-order valence-electron chi connectivity index (χ1n) is 8.95. The average Bonchev–Trinajstić information content (AvgIpc) is 3.09. The summed E-state index contributed by atoms with van der Waals surface area (Å²) in [4.78, 5) is 21.0. The van der Waals surface area contributed by atoms with E-state index in [4.69, 9.17) is 16.3 Å². The lowest BCUT2D eigenvalue weighted by atomic mass is 10.1. The van der Waals surface area contributed by atoms with E-state index in [1.807, 2.05) is 54.3 Å². The van der Waals surface area contributed by atoms with Gasteiger partial charge in [-0.05, 0) is 43.2 Å². The Morgan fingerprint density at radius 3 is 2.88 bits per heavy atom. The Bertz CT molecular complexity index is 813. The van der Waals surface area contributed by atoms with Gasteiger partial charge in [-0.1, -0.05) is 29.8 Å². The zero-order valence-corrected chi connectivity index (χ0v) is 15.5. The molecule has 2 saturated heterocycles. The van der Waals surface area contributed by atoms with Gasteiger partial charge in [-0.2, -0.15) is 0 Å². The molecule has 136 valence electrons. The van der Waals surface area contributed by atoms with E-state index in [1.54, 1.807) is 0 Å². The van der Waals surface area contributed by atoms with Crippen LogP contribution in [0.3, 0.4) is 0 Å². The number of fused-ring (bicyclic) bond motifs is 1. The van der Waals surface area contributed by atoms with Crippen molar-refractivity contribution >= 4 is 17.7 Å². The Kier molecular flexibility index (Phi) is 4.83. The van der Waals surface area contributed by atoms with Crippen molar-refractivity contribution in [3.63, 3.8) is 0 Å². The van der Waals surface area contributed by atoms with Crippen molar-refractivity contribution < 1.29 is 9.53 Å². The smallest absolute Gasteiger partial charge is 0.410 e. The third-order valence-electron chi connectivity index (χ3n) is 5.06. The van der Waals surface area contributed by atoms with Crippen molar-refractivity contribution in [3.8, 4) is 0 Å². The first kappa shape index (κ1) is 17.3. The molecule has 5 nitrogen and oxygen atoms in total. The molecule has 26 heavy (non-hydrogen) atoms. The zero-order chi connectivity index (χ0) is 18.1. The highest BCUT2D eigenvalue weighted by atomic mass is 35.5. The van der Waals surface area contributed by atoms with E-state index in [0.29, 0.717) is 6.54 Å². The summed E-state index contributed by atoms with van der Waals surface area (Å²) < 4.78 is 5.60. The van der Waals surface area contributed by atoms with Gasteiger partial charge < -0.3 is 4.74 Å². The van der Waals surface area contributed by atoms with Crippen LogP contribution in [0.1, 0.15) is 17.0 Å². The molecule has 0 radical (unpaired) electrons. The summed E-state index contributed by atoms with van der Waals surface area (Å²) in [5, 5.41) is 0.724. The average molecular weight is 372 g/mol. The molecular formula is C20H22ClN3O2. The van der Waals surface area contributed by atoms with Crippen LogP contribution in [0.2, 0.25) is 5.02 Å². The fraction of sp³-hybridized carbons (Fsp3) is 0.400. The molecule has 0 N–H and O–H groups in total. The summed E-state index contributed by atoms with van der Waals surface area (Å²) in [6.45, 7) is 5.02. The fourth-order valence-electron chi connectivity index (χ4n) is 3.83. The van der Waals surface area contributed by atoms with E-state index in [9.17, 15) is 4.79 Å². The molecule has 4 rings (SSSR count). The minimum Gasteiger partial charge on any atom is -0.442 e. The number of nitrogens with zero attached hydrogens (tertiary/aromatic N) is 3. The number of likely N-dealkylation sites (tertiary alicyclic amines) is 1. The highest BCUT2D eigenvalue weighted by Gasteiger charge is 2.47. The third-order valence-corrected chi connectivity index (χ3v) is 5.30. The lowest BCUT2D eigenvalue weighted by Gasteiger charge is -2.22. The topological polar surface area (TPSA) is 45.7 Å². The quantitative estimate of drug-likeness (QED) is 0.809. The third kappa shape index (κ3) is 3.69. The molecule has 0 saturated carbocycles. The molecule has 6 heteroatoms. The maximum atomic E-state index is 12.2. The predicted octanol–water partition coefficient (Wildman–Crippen LogP) is 3.29. The van der Waals surface area contributed by atoms with Crippen molar-refractivity contribution in [2.24, 2.45) is 0 Å². The van der Waals surface area contributed by atoms with Crippen molar-refractivity contribution in [2.75, 3.05) is 19.6 Å². The van der Waals surface area contributed by atoms with E-state index >= 15 is 0 Å². The maximum Gasteiger partial charge on any atom is 0.410 e. The predicted molar refractivity (Wildman–Crippen MR) is 100 cm³/mol. The number of ether oxygens (including phenoxy) is 1. The SMILES string of the molecule is Cc1cccc(CN2C[C@H]3OC(=O)N(CCc4cccc(Cl)c4)[C@H]3C2)n1. The van der Waals surface area contributed by atoms with Crippen LogP contribution in [0.15, 0.2) is 42.5 Å². The summed E-state index contributed by atoms with van der Waals surface area (Å²) in [5.74, 6) is 0.